The van der Waals surface area contributed by atoms with E-state index in [9.17, 15) is 0 Å². The summed E-state index contributed by atoms with van der Waals surface area (Å²) in [6, 6.07) is 8.63. The average molecular weight is 282 g/mol. The van der Waals surface area contributed by atoms with Gasteiger partial charge in [-0.15, -0.1) is 12.3 Å². The van der Waals surface area contributed by atoms with Crippen LogP contribution in [-0.4, -0.2) is 17.7 Å². The Morgan fingerprint density at radius 2 is 2.10 bits per heavy atom. The molecule has 0 spiro atoms. The summed E-state index contributed by atoms with van der Waals surface area (Å²) < 4.78 is 2.30. The quantitative estimate of drug-likeness (QED) is 0.575. The Morgan fingerprint density at radius 3 is 2.86 bits per heavy atom. The minimum atomic E-state index is 0.718. The van der Waals surface area contributed by atoms with Crippen LogP contribution in [0.1, 0.15) is 32.3 Å². The predicted molar refractivity (Wildman–Crippen MR) is 91.4 cm³/mol. The Balaban J connectivity index is 2.00. The van der Waals surface area contributed by atoms with Crippen molar-refractivity contribution >= 4 is 10.9 Å². The van der Waals surface area contributed by atoms with Crippen molar-refractivity contribution in [3.05, 3.63) is 36.0 Å². The average Bonchev–Trinajstić information content (AvgIpc) is 2.83. The topological polar surface area (TPSA) is 17.0 Å². The highest BCUT2D eigenvalue weighted by Gasteiger charge is 2.07. The maximum Gasteiger partial charge on any atom is 0.0483 e. The molecule has 112 valence electrons. The van der Waals surface area contributed by atoms with Crippen LogP contribution in [0.3, 0.4) is 0 Å². The fraction of sp³-hybridized carbons (Fsp3) is 0.474. The third-order valence-electron chi connectivity index (χ3n) is 3.72. The normalized spacial score (nSPS) is 11.1. The van der Waals surface area contributed by atoms with E-state index in [2.05, 4.69) is 60.1 Å². The lowest BCUT2D eigenvalue weighted by Gasteiger charge is -2.06. The number of hydrogen-bond acceptors (Lipinski definition) is 1. The molecule has 0 amide bonds. The number of fused-ring (bicyclic) bond motifs is 1. The van der Waals surface area contributed by atoms with Crippen LogP contribution in [0.15, 0.2) is 30.5 Å². The fourth-order valence-electron chi connectivity index (χ4n) is 2.69. The van der Waals surface area contributed by atoms with E-state index in [1.165, 1.54) is 22.9 Å². The van der Waals surface area contributed by atoms with Gasteiger partial charge in [0, 0.05) is 30.1 Å². The van der Waals surface area contributed by atoms with Gasteiger partial charge >= 0.3 is 0 Å². The van der Waals surface area contributed by atoms with Gasteiger partial charge in [-0.05, 0) is 43.5 Å². The van der Waals surface area contributed by atoms with E-state index in [-0.39, 0.29) is 0 Å². The lowest BCUT2D eigenvalue weighted by atomic mass is 10.1. The highest BCUT2D eigenvalue weighted by Crippen LogP contribution is 2.22. The van der Waals surface area contributed by atoms with Gasteiger partial charge in [-0.3, -0.25) is 0 Å². The zero-order valence-corrected chi connectivity index (χ0v) is 13.2. The van der Waals surface area contributed by atoms with Crippen molar-refractivity contribution in [1.82, 2.24) is 9.88 Å². The van der Waals surface area contributed by atoms with Gasteiger partial charge in [-0.25, -0.2) is 0 Å². The Kier molecular flexibility index (Phi) is 5.90. The van der Waals surface area contributed by atoms with Gasteiger partial charge in [-0.1, -0.05) is 32.0 Å². The number of para-hydroxylation sites is 1. The number of aromatic nitrogens is 1. The van der Waals surface area contributed by atoms with Gasteiger partial charge in [-0.2, -0.15) is 0 Å². The molecule has 0 unspecified atom stereocenters. The summed E-state index contributed by atoms with van der Waals surface area (Å²) in [5, 5.41) is 4.88. The lowest BCUT2D eigenvalue weighted by Crippen LogP contribution is -2.21. The van der Waals surface area contributed by atoms with Gasteiger partial charge in [0.15, 0.2) is 0 Å². The summed E-state index contributed by atoms with van der Waals surface area (Å²) >= 11 is 0. The molecule has 0 aliphatic carbocycles. The molecule has 1 aromatic carbocycles. The monoisotopic (exact) mass is 282 g/mol. The minimum Gasteiger partial charge on any atom is -0.346 e. The Labute approximate surface area is 128 Å². The first-order valence-electron chi connectivity index (χ1n) is 7.93. The second-order valence-electron chi connectivity index (χ2n) is 6.02. The number of nitrogens with zero attached hydrogens (tertiary/aromatic N) is 1. The van der Waals surface area contributed by atoms with E-state index < -0.39 is 0 Å². The molecule has 0 atom stereocenters. The third-order valence-corrected chi connectivity index (χ3v) is 3.72. The lowest BCUT2D eigenvalue weighted by molar-refractivity contribution is 0.543. The summed E-state index contributed by atoms with van der Waals surface area (Å²) in [5.41, 5.74) is 2.74. The number of aryl methyl sites for hydroxylation is 2. The number of rotatable bonds is 8. The van der Waals surface area contributed by atoms with Crippen LogP contribution in [0.25, 0.3) is 10.9 Å². The molecule has 1 N–H and O–H groups in total. The molecule has 1 heterocycles. The van der Waals surface area contributed by atoms with E-state index >= 15 is 0 Å². The van der Waals surface area contributed by atoms with Crippen LogP contribution in [-0.2, 0) is 13.0 Å². The Bertz CT molecular complexity index is 602. The van der Waals surface area contributed by atoms with Crippen LogP contribution in [0, 0.1) is 18.3 Å². The van der Waals surface area contributed by atoms with E-state index in [0.717, 1.165) is 38.4 Å². The molecule has 1 aromatic heterocycles. The summed E-state index contributed by atoms with van der Waals surface area (Å²) in [6.45, 7) is 7.58. The molecule has 2 rings (SSSR count). The van der Waals surface area contributed by atoms with Crippen molar-refractivity contribution in [2.24, 2.45) is 5.92 Å². The maximum atomic E-state index is 5.39. The third kappa shape index (κ3) is 4.37. The van der Waals surface area contributed by atoms with Crippen molar-refractivity contribution in [1.29, 1.82) is 0 Å². The SMILES string of the molecule is C#CCCn1cc(CCCNCC(C)C)c2ccccc21. The minimum absolute atomic E-state index is 0.718. The first kappa shape index (κ1) is 15.7. The first-order chi connectivity index (χ1) is 10.2. The molecule has 2 nitrogen and oxygen atoms in total. The zero-order valence-electron chi connectivity index (χ0n) is 13.2. The van der Waals surface area contributed by atoms with Crippen LogP contribution >= 0.6 is 0 Å². The number of benzene rings is 1. The molecule has 0 aliphatic heterocycles. The number of terminal acetylenes is 1. The van der Waals surface area contributed by atoms with Gasteiger partial charge in [0.05, 0.1) is 0 Å². The van der Waals surface area contributed by atoms with Crippen molar-refractivity contribution in [2.45, 2.75) is 39.7 Å². The molecule has 0 radical (unpaired) electrons. The summed E-state index contributed by atoms with van der Waals surface area (Å²) in [5.74, 6) is 3.45. The standard InChI is InChI=1S/C19H26N2/c1-4-5-13-21-15-17(9-8-12-20-14-16(2)3)18-10-6-7-11-19(18)21/h1,6-7,10-11,15-16,20H,5,8-9,12-14H2,2-3H3. The smallest absolute Gasteiger partial charge is 0.0483 e. The zero-order chi connectivity index (χ0) is 15.1. The molecule has 0 aliphatic rings. The molecular formula is C19H26N2. The van der Waals surface area contributed by atoms with Gasteiger partial charge in [0.1, 0.15) is 0 Å². The largest absolute Gasteiger partial charge is 0.346 e. The summed E-state index contributed by atoms with van der Waals surface area (Å²) in [7, 11) is 0. The summed E-state index contributed by atoms with van der Waals surface area (Å²) in [4.78, 5) is 0. The number of hydrogen-bond donors (Lipinski definition) is 1. The van der Waals surface area contributed by atoms with Crippen LogP contribution < -0.4 is 5.32 Å². The second-order valence-corrected chi connectivity index (χ2v) is 6.02. The predicted octanol–water partition coefficient (Wildman–Crippen LogP) is 3.84. The van der Waals surface area contributed by atoms with Crippen LogP contribution in [0.2, 0.25) is 0 Å². The Morgan fingerprint density at radius 1 is 1.29 bits per heavy atom. The molecule has 2 heteroatoms. The fourth-order valence-corrected chi connectivity index (χ4v) is 2.69. The van der Waals surface area contributed by atoms with Gasteiger partial charge in [0.2, 0.25) is 0 Å². The first-order valence-corrected chi connectivity index (χ1v) is 7.93. The molecule has 21 heavy (non-hydrogen) atoms. The molecule has 0 saturated heterocycles. The van der Waals surface area contributed by atoms with Crippen molar-refractivity contribution in [3.63, 3.8) is 0 Å². The molecule has 0 bridgehead atoms. The Hall–Kier alpha value is -1.72. The summed E-state index contributed by atoms with van der Waals surface area (Å²) in [6.07, 6.45) is 10.8. The van der Waals surface area contributed by atoms with Crippen LogP contribution in [0.4, 0.5) is 0 Å². The molecule has 0 fully saturated rings. The molecular weight excluding hydrogens is 256 g/mol. The molecule has 0 saturated carbocycles. The van der Waals surface area contributed by atoms with E-state index in [1.807, 2.05) is 0 Å². The maximum absolute atomic E-state index is 5.39. The second kappa shape index (κ2) is 7.90. The highest BCUT2D eigenvalue weighted by molar-refractivity contribution is 5.84. The van der Waals surface area contributed by atoms with Gasteiger partial charge in [0.25, 0.3) is 0 Å². The van der Waals surface area contributed by atoms with Gasteiger partial charge < -0.3 is 9.88 Å². The van der Waals surface area contributed by atoms with E-state index in [1.54, 1.807) is 0 Å². The van der Waals surface area contributed by atoms with Crippen molar-refractivity contribution in [3.8, 4) is 12.3 Å². The van der Waals surface area contributed by atoms with E-state index in [0.29, 0.717) is 0 Å². The number of nitrogens with one attached hydrogen (secondary N) is 1. The highest BCUT2D eigenvalue weighted by atomic mass is 15.0. The van der Waals surface area contributed by atoms with Crippen molar-refractivity contribution < 1.29 is 0 Å². The molecule has 2 aromatic rings. The van der Waals surface area contributed by atoms with Crippen LogP contribution in [0.5, 0.6) is 0 Å². The van der Waals surface area contributed by atoms with Crippen molar-refractivity contribution in [2.75, 3.05) is 13.1 Å². The van der Waals surface area contributed by atoms with E-state index in [4.69, 9.17) is 6.42 Å².